The van der Waals surface area contributed by atoms with Crippen molar-refractivity contribution >= 4 is 17.4 Å². The van der Waals surface area contributed by atoms with Gasteiger partial charge < -0.3 is 40.2 Å². The molecule has 4 fully saturated rings. The largest absolute Gasteiger partial charge is 0.504 e. The molecule has 66 heavy (non-hydrogen) atoms. The molecule has 362 valence electrons. The number of aromatic hydroxyl groups is 2. The Balaban J connectivity index is 1.30. The molecule has 2 aromatic rings. The number of nitrogens with zero attached hydrogens (tertiary/aromatic N) is 1. The van der Waals surface area contributed by atoms with Gasteiger partial charge in [-0.25, -0.2) is 0 Å². The molecule has 0 saturated heterocycles. The number of likely N-dealkylation sites (N-methyl/N-ethyl adjacent to an activating group) is 1. The normalized spacial score (nSPS) is 31.2. The number of unbranched alkanes of at least 4 members (excludes halogenated alkanes) is 4. The molecule has 0 amide bonds. The molecule has 2 aromatic carbocycles. The molecular weight excluding hydrogens is 829 g/mol. The van der Waals surface area contributed by atoms with Crippen molar-refractivity contribution in [2.75, 3.05) is 39.7 Å². The van der Waals surface area contributed by atoms with E-state index in [0.717, 1.165) is 120 Å². The van der Waals surface area contributed by atoms with Crippen LogP contribution >= 0.6 is 0 Å². The van der Waals surface area contributed by atoms with Gasteiger partial charge in [0.15, 0.2) is 35.1 Å². The lowest BCUT2D eigenvalue weighted by atomic mass is 9.54. The summed E-state index contributed by atoms with van der Waals surface area (Å²) in [5.41, 5.74) is 1.04. The Hall–Kier alpha value is -4.24. The molecule has 0 aromatic heterocycles. The Morgan fingerprint density at radius 1 is 0.955 bits per heavy atom. The summed E-state index contributed by atoms with van der Waals surface area (Å²) < 4.78 is 18.6. The molecule has 5 aliphatic rings. The van der Waals surface area contributed by atoms with E-state index in [1.165, 1.54) is 6.42 Å². The van der Waals surface area contributed by atoms with Gasteiger partial charge in [-0.3, -0.25) is 15.1 Å². The van der Waals surface area contributed by atoms with Gasteiger partial charge in [0.2, 0.25) is 5.96 Å². The second-order valence-electron chi connectivity index (χ2n) is 20.5. The van der Waals surface area contributed by atoms with Crippen molar-refractivity contribution in [3.8, 4) is 35.0 Å². The zero-order valence-corrected chi connectivity index (χ0v) is 40.7. The summed E-state index contributed by atoms with van der Waals surface area (Å²) in [7, 11) is 5.21. The summed E-state index contributed by atoms with van der Waals surface area (Å²) in [5.74, 6) is 6.01. The number of anilines is 1. The Bertz CT molecular complexity index is 2080. The van der Waals surface area contributed by atoms with E-state index in [9.17, 15) is 15.3 Å². The minimum absolute atomic E-state index is 0.0262. The summed E-state index contributed by atoms with van der Waals surface area (Å²) in [6.07, 6.45) is 23.2. The number of nitrogens with one attached hydrogen (secondary N) is 3. The zero-order valence-electron chi connectivity index (χ0n) is 40.7. The fourth-order valence-corrected chi connectivity index (χ4v) is 13.2. The van der Waals surface area contributed by atoms with Gasteiger partial charge in [0, 0.05) is 49.9 Å². The zero-order chi connectivity index (χ0) is 46.7. The van der Waals surface area contributed by atoms with Gasteiger partial charge >= 0.3 is 0 Å². The minimum Gasteiger partial charge on any atom is -0.504 e. The Morgan fingerprint density at radius 2 is 1.77 bits per heavy atom. The topological polar surface area (TPSA) is 154 Å². The number of methoxy groups -OCH3 is 1. The molecule has 1 heterocycles. The van der Waals surface area contributed by atoms with Gasteiger partial charge in [0.25, 0.3) is 0 Å². The van der Waals surface area contributed by atoms with Crippen LogP contribution in [-0.4, -0.2) is 73.3 Å². The number of allylic oxidation sites excluding steroid dienone is 2. The maximum absolute atomic E-state index is 15.3. The smallest absolute Gasteiger partial charge is 0.207 e. The van der Waals surface area contributed by atoms with Crippen LogP contribution in [0.3, 0.4) is 0 Å². The van der Waals surface area contributed by atoms with E-state index in [-0.39, 0.29) is 40.5 Å². The van der Waals surface area contributed by atoms with Crippen LogP contribution in [0.4, 0.5) is 5.69 Å². The third kappa shape index (κ3) is 10.9. The third-order valence-corrected chi connectivity index (χ3v) is 16.5. The van der Waals surface area contributed by atoms with Crippen LogP contribution < -0.4 is 25.4 Å². The van der Waals surface area contributed by atoms with Crippen molar-refractivity contribution < 1.29 is 34.3 Å². The number of benzene rings is 2. The van der Waals surface area contributed by atoms with E-state index in [1.54, 1.807) is 20.2 Å². The number of phenolic OH excluding ortho intramolecular Hbond substituents is 2. The number of hydrogen-bond donors (Lipinski definition) is 6. The molecule has 1 spiro atoms. The number of aliphatic imine (C=N–C) groups is 1. The van der Waals surface area contributed by atoms with E-state index in [1.807, 2.05) is 25.3 Å². The van der Waals surface area contributed by atoms with Gasteiger partial charge in [-0.1, -0.05) is 76.9 Å². The van der Waals surface area contributed by atoms with Gasteiger partial charge in [0.05, 0.1) is 12.8 Å². The Labute approximate surface area is 395 Å². The fraction of sp³-hybridized carbons (Fsp3) is 0.673. The predicted octanol–water partition coefficient (Wildman–Crippen LogP) is 10.3. The minimum atomic E-state index is -0.815. The van der Waals surface area contributed by atoms with Crippen molar-refractivity contribution in [1.29, 1.82) is 0 Å². The summed E-state index contributed by atoms with van der Waals surface area (Å²) in [5, 5.41) is 43.8. The number of fused-ring (bicyclic) bond motifs is 3. The Morgan fingerprint density at radius 3 is 2.56 bits per heavy atom. The molecule has 4 aliphatic carbocycles. The second-order valence-corrected chi connectivity index (χ2v) is 20.5. The number of rotatable bonds is 18. The average Bonchev–Trinajstić information content (AvgIpc) is 4.05. The van der Waals surface area contributed by atoms with Crippen LogP contribution in [-0.2, 0) is 21.4 Å². The number of carbonyl (C=O) groups is 1. The first kappa shape index (κ1) is 49.7. The molecule has 11 nitrogen and oxygen atoms in total. The van der Waals surface area contributed by atoms with Crippen LogP contribution in [0.5, 0.6) is 23.0 Å². The molecule has 4 saturated carbocycles. The number of ketones is 1. The number of guanidine groups is 1. The standard InChI is InChI=1S/C55H80N4O7/c1-6-8-10-11-30-65-50(62)32-39-25-28-53(35-39,37-56-3)66-48-34-43-33-45(51(48)63)59-52(57-4)58-29-14-18-41-16-12-26-54(41,36-38-19-23-46(60)47(31-38)64-5)49(61)24-22-44-40(15-9-7-2)20-21-42-17-13-27-55(42,43)44/h19,22-24,31,33-34,39-42,44,50,56,60,62-63H,6-13,15-18,20-21,25-28,30,32,35-37H2,1-5H3,(H2,57,58,59)/b24-22+/t39-,40-,41-,42+,44-,50-,53-,54+,55+/m0/s1. The average molecular weight is 909 g/mol. The molecular formula is C55H80N4O7. The SMILES string of the molecule is CCCCCCO[C@H](O)C[C@@H]1CC[C@](CNC)(Oc2cc3cc(c2O)NC(=NC)NC#CC[C@@H]2CCC[C@]2(Cc2ccc(O)c(OC)c2)C(=O)/C=C/[C@H]2[C@@H](CCCC)CC[C@H]4CCC[C@]342)C1. The van der Waals surface area contributed by atoms with Crippen LogP contribution in [0, 0.1) is 47.0 Å². The van der Waals surface area contributed by atoms with Crippen molar-refractivity contribution in [2.45, 2.75) is 166 Å². The maximum Gasteiger partial charge on any atom is 0.207 e. The summed E-state index contributed by atoms with van der Waals surface area (Å²) in [6.45, 7) is 5.61. The van der Waals surface area contributed by atoms with E-state index >= 15 is 4.79 Å². The number of aliphatic hydroxyl groups is 1. The van der Waals surface area contributed by atoms with Crippen LogP contribution in [0.25, 0.3) is 0 Å². The highest BCUT2D eigenvalue weighted by Gasteiger charge is 2.55. The van der Waals surface area contributed by atoms with Crippen molar-refractivity contribution in [2.24, 2.45) is 40.0 Å². The number of phenols is 2. The second kappa shape index (κ2) is 22.7. The first-order chi connectivity index (χ1) is 32.0. The summed E-state index contributed by atoms with van der Waals surface area (Å²) in [4.78, 5) is 19.9. The highest BCUT2D eigenvalue weighted by atomic mass is 16.6. The number of aliphatic hydroxyl groups excluding tert-OH is 1. The summed E-state index contributed by atoms with van der Waals surface area (Å²) >= 11 is 0. The van der Waals surface area contributed by atoms with Gasteiger partial charge in [-0.05, 0) is 155 Å². The molecule has 6 N–H and O–H groups in total. The predicted molar refractivity (Wildman–Crippen MR) is 263 cm³/mol. The molecule has 0 unspecified atom stereocenters. The lowest BCUT2D eigenvalue weighted by Crippen LogP contribution is -2.46. The van der Waals surface area contributed by atoms with Crippen molar-refractivity contribution in [3.05, 3.63) is 53.6 Å². The van der Waals surface area contributed by atoms with E-state index < -0.39 is 17.3 Å². The quantitative estimate of drug-likeness (QED) is 0.0369. The highest BCUT2D eigenvalue weighted by Crippen LogP contribution is 2.61. The molecule has 1 aliphatic heterocycles. The number of ether oxygens (including phenoxy) is 3. The lowest BCUT2D eigenvalue weighted by Gasteiger charge is -2.50. The van der Waals surface area contributed by atoms with Gasteiger partial charge in [0.1, 0.15) is 5.60 Å². The lowest BCUT2D eigenvalue weighted by molar-refractivity contribution is -0.125. The molecule has 0 radical (unpaired) electrons. The molecule has 11 heteroatoms. The number of carbonyl (C=O) groups excluding carboxylic acids is 1. The fourth-order valence-electron chi connectivity index (χ4n) is 13.2. The van der Waals surface area contributed by atoms with E-state index in [2.05, 4.69) is 65.0 Å². The molecule has 7 rings (SSSR count). The van der Waals surface area contributed by atoms with Crippen LogP contribution in [0.1, 0.15) is 153 Å². The van der Waals surface area contributed by atoms with Gasteiger partial charge in [-0.15, -0.1) is 0 Å². The monoisotopic (exact) mass is 909 g/mol. The third-order valence-electron chi connectivity index (χ3n) is 16.5. The summed E-state index contributed by atoms with van der Waals surface area (Å²) in [6, 6.07) is 12.9. The molecule has 2 bridgehead atoms. The van der Waals surface area contributed by atoms with Gasteiger partial charge in [-0.2, -0.15) is 0 Å². The van der Waals surface area contributed by atoms with Crippen molar-refractivity contribution in [3.63, 3.8) is 0 Å². The number of hydrogen-bond acceptors (Lipinski definition) is 9. The maximum atomic E-state index is 15.3. The Kier molecular flexibility index (Phi) is 17.1. The van der Waals surface area contributed by atoms with Crippen LogP contribution in [0.15, 0.2) is 47.5 Å². The van der Waals surface area contributed by atoms with E-state index in [4.69, 9.17) is 14.2 Å². The first-order valence-electron chi connectivity index (χ1n) is 25.6. The molecule has 9 atom stereocenters. The highest BCUT2D eigenvalue weighted by molar-refractivity contribution is 5.97. The van der Waals surface area contributed by atoms with E-state index in [0.29, 0.717) is 67.4 Å². The first-order valence-corrected chi connectivity index (χ1v) is 25.6. The van der Waals surface area contributed by atoms with Crippen LogP contribution in [0.2, 0.25) is 0 Å². The van der Waals surface area contributed by atoms with Crippen molar-refractivity contribution in [1.82, 2.24) is 10.6 Å².